The van der Waals surface area contributed by atoms with Crippen LogP contribution in [0, 0.1) is 6.92 Å². The van der Waals surface area contributed by atoms with Crippen LogP contribution in [0.2, 0.25) is 0 Å². The van der Waals surface area contributed by atoms with Crippen LogP contribution in [0.1, 0.15) is 34.9 Å². The maximum absolute atomic E-state index is 4.69. The van der Waals surface area contributed by atoms with Crippen LogP contribution in [0.15, 0.2) is 36.4 Å². The summed E-state index contributed by atoms with van der Waals surface area (Å²) >= 11 is 1.87. The molecular weight excluding hydrogens is 330 g/mol. The van der Waals surface area contributed by atoms with Crippen molar-refractivity contribution in [2.45, 2.75) is 32.2 Å². The second-order valence-corrected chi connectivity index (χ2v) is 7.76. The Balaban J connectivity index is 1.48. The number of rotatable bonds is 4. The number of hydrogen-bond donors (Lipinski definition) is 0. The second kappa shape index (κ2) is 7.06. The highest BCUT2D eigenvalue weighted by Crippen LogP contribution is 2.33. The van der Waals surface area contributed by atoms with Crippen molar-refractivity contribution in [2.75, 3.05) is 13.1 Å². The van der Waals surface area contributed by atoms with Gasteiger partial charge in [0, 0.05) is 36.8 Å². The van der Waals surface area contributed by atoms with E-state index in [1.807, 2.05) is 41.7 Å². The number of thiophene rings is 1. The molecule has 0 unspecified atom stereocenters. The van der Waals surface area contributed by atoms with E-state index < -0.39 is 0 Å². The van der Waals surface area contributed by atoms with Gasteiger partial charge in [-0.15, -0.1) is 11.3 Å². The Morgan fingerprint density at radius 3 is 2.68 bits per heavy atom. The van der Waals surface area contributed by atoms with Crippen LogP contribution >= 0.6 is 11.3 Å². The van der Waals surface area contributed by atoms with E-state index in [2.05, 4.69) is 33.2 Å². The minimum Gasteiger partial charge on any atom is -0.332 e. The lowest BCUT2D eigenvalue weighted by Crippen LogP contribution is -2.32. The van der Waals surface area contributed by atoms with Gasteiger partial charge in [-0.05, 0) is 49.9 Å². The van der Waals surface area contributed by atoms with Crippen molar-refractivity contribution in [1.82, 2.24) is 24.4 Å². The average Bonchev–Trinajstić information content (AvgIpc) is 3.24. The first-order valence-corrected chi connectivity index (χ1v) is 9.63. The average molecular weight is 353 g/mol. The maximum atomic E-state index is 4.69. The summed E-state index contributed by atoms with van der Waals surface area (Å²) in [4.78, 5) is 17.6. The quantitative estimate of drug-likeness (QED) is 0.719. The number of likely N-dealkylation sites (tertiary alicyclic amines) is 1. The summed E-state index contributed by atoms with van der Waals surface area (Å²) in [6, 6.07) is 2.21. The van der Waals surface area contributed by atoms with Crippen molar-refractivity contribution in [3.63, 3.8) is 0 Å². The monoisotopic (exact) mass is 353 g/mol. The van der Waals surface area contributed by atoms with Crippen LogP contribution < -0.4 is 0 Å². The largest absolute Gasteiger partial charge is 0.332 e. The third-order valence-corrected chi connectivity index (χ3v) is 6.10. The van der Waals surface area contributed by atoms with Gasteiger partial charge in [-0.1, -0.05) is 0 Å². The zero-order valence-electron chi connectivity index (χ0n) is 14.7. The first-order valence-electron chi connectivity index (χ1n) is 8.75. The molecule has 1 aliphatic heterocycles. The highest BCUT2D eigenvalue weighted by Gasteiger charge is 2.25. The van der Waals surface area contributed by atoms with Gasteiger partial charge >= 0.3 is 0 Å². The maximum Gasteiger partial charge on any atom is 0.110 e. The lowest BCUT2D eigenvalue weighted by atomic mass is 9.91. The molecule has 0 spiro atoms. The number of imidazole rings is 1. The standard InChI is InChI=1S/C19H23N5S/c1-14-5-10-25-17(14)12-24-8-3-15(4-9-24)18-19(22-7-6-21-18)16-11-20-13-23(16)2/h5-7,10-11,13,15H,3-4,8-9,12H2,1-2H3. The van der Waals surface area contributed by atoms with Gasteiger partial charge in [0.2, 0.25) is 0 Å². The highest BCUT2D eigenvalue weighted by molar-refractivity contribution is 7.10. The highest BCUT2D eigenvalue weighted by atomic mass is 32.1. The second-order valence-electron chi connectivity index (χ2n) is 6.76. The summed E-state index contributed by atoms with van der Waals surface area (Å²) in [6.07, 6.45) is 9.56. The molecule has 0 aromatic carbocycles. The summed E-state index contributed by atoms with van der Waals surface area (Å²) in [6.45, 7) is 5.51. The third-order valence-electron chi connectivity index (χ3n) is 5.10. The van der Waals surface area contributed by atoms with Gasteiger partial charge in [0.05, 0.1) is 23.9 Å². The lowest BCUT2D eigenvalue weighted by Gasteiger charge is -2.32. The van der Waals surface area contributed by atoms with Crippen LogP contribution in [0.25, 0.3) is 11.4 Å². The molecule has 0 bridgehead atoms. The van der Waals surface area contributed by atoms with E-state index in [9.17, 15) is 0 Å². The van der Waals surface area contributed by atoms with Crippen molar-refractivity contribution < 1.29 is 0 Å². The topological polar surface area (TPSA) is 46.8 Å². The van der Waals surface area contributed by atoms with Crippen molar-refractivity contribution >= 4 is 11.3 Å². The fraction of sp³-hybridized carbons (Fsp3) is 0.421. The van der Waals surface area contributed by atoms with Crippen LogP contribution in [-0.2, 0) is 13.6 Å². The smallest absolute Gasteiger partial charge is 0.110 e. The Bertz CT molecular complexity index is 845. The van der Waals surface area contributed by atoms with E-state index in [0.29, 0.717) is 5.92 Å². The van der Waals surface area contributed by atoms with Gasteiger partial charge < -0.3 is 4.57 Å². The van der Waals surface area contributed by atoms with Gasteiger partial charge in [0.25, 0.3) is 0 Å². The van der Waals surface area contributed by atoms with Gasteiger partial charge in [-0.25, -0.2) is 4.98 Å². The fourth-order valence-corrected chi connectivity index (χ4v) is 4.51. The van der Waals surface area contributed by atoms with Crippen LogP contribution in [0.3, 0.4) is 0 Å². The number of aryl methyl sites for hydroxylation is 2. The van der Waals surface area contributed by atoms with E-state index in [1.54, 1.807) is 6.20 Å². The van der Waals surface area contributed by atoms with Crippen LogP contribution in [0.4, 0.5) is 0 Å². The molecule has 1 fully saturated rings. The molecule has 4 heterocycles. The molecular formula is C19H23N5S. The molecule has 6 heteroatoms. The molecule has 0 radical (unpaired) electrons. The number of aromatic nitrogens is 4. The van der Waals surface area contributed by atoms with Crippen molar-refractivity contribution in [2.24, 2.45) is 7.05 Å². The summed E-state index contributed by atoms with van der Waals surface area (Å²) in [5.41, 5.74) is 4.56. The Morgan fingerprint density at radius 2 is 2.00 bits per heavy atom. The third kappa shape index (κ3) is 3.37. The summed E-state index contributed by atoms with van der Waals surface area (Å²) < 4.78 is 2.02. The summed E-state index contributed by atoms with van der Waals surface area (Å²) in [5.74, 6) is 0.472. The Morgan fingerprint density at radius 1 is 1.20 bits per heavy atom. The molecule has 5 nitrogen and oxygen atoms in total. The zero-order valence-corrected chi connectivity index (χ0v) is 15.5. The summed E-state index contributed by atoms with van der Waals surface area (Å²) in [7, 11) is 2.01. The Hall–Kier alpha value is -2.05. The molecule has 0 atom stereocenters. The number of piperidine rings is 1. The minimum atomic E-state index is 0.472. The van der Waals surface area contributed by atoms with Gasteiger partial charge in [0.15, 0.2) is 0 Å². The van der Waals surface area contributed by atoms with Gasteiger partial charge in [-0.2, -0.15) is 0 Å². The number of nitrogens with zero attached hydrogens (tertiary/aromatic N) is 5. The lowest BCUT2D eigenvalue weighted by molar-refractivity contribution is 0.204. The van der Waals surface area contributed by atoms with Crippen LogP contribution in [-0.4, -0.2) is 37.5 Å². The van der Waals surface area contributed by atoms with Crippen molar-refractivity contribution in [3.05, 3.63) is 52.5 Å². The van der Waals surface area contributed by atoms with E-state index in [1.165, 1.54) is 10.4 Å². The van der Waals surface area contributed by atoms with E-state index in [0.717, 1.165) is 49.6 Å². The molecule has 3 aromatic rings. The SMILES string of the molecule is Cc1ccsc1CN1CCC(c2nccnc2-c2cncn2C)CC1. The minimum absolute atomic E-state index is 0.472. The molecule has 3 aromatic heterocycles. The van der Waals surface area contributed by atoms with E-state index in [-0.39, 0.29) is 0 Å². The zero-order chi connectivity index (χ0) is 17.2. The molecule has 0 N–H and O–H groups in total. The summed E-state index contributed by atoms with van der Waals surface area (Å²) in [5, 5.41) is 2.19. The molecule has 130 valence electrons. The number of hydrogen-bond acceptors (Lipinski definition) is 5. The van der Waals surface area contributed by atoms with Crippen molar-refractivity contribution in [3.8, 4) is 11.4 Å². The molecule has 0 saturated carbocycles. The molecule has 4 rings (SSSR count). The fourth-order valence-electron chi connectivity index (χ4n) is 3.56. The van der Waals surface area contributed by atoms with Gasteiger partial charge in [0.1, 0.15) is 5.69 Å². The normalized spacial score (nSPS) is 16.4. The predicted octanol–water partition coefficient (Wildman–Crippen LogP) is 3.63. The first-order chi connectivity index (χ1) is 12.2. The van der Waals surface area contributed by atoms with Crippen molar-refractivity contribution in [1.29, 1.82) is 0 Å². The molecule has 0 amide bonds. The molecule has 25 heavy (non-hydrogen) atoms. The van der Waals surface area contributed by atoms with E-state index in [4.69, 9.17) is 4.98 Å². The van der Waals surface area contributed by atoms with Gasteiger partial charge in [-0.3, -0.25) is 14.9 Å². The molecule has 0 aliphatic carbocycles. The Kier molecular flexibility index (Phi) is 4.63. The molecule has 1 saturated heterocycles. The predicted molar refractivity (Wildman–Crippen MR) is 101 cm³/mol. The Labute approximate surface area is 152 Å². The van der Waals surface area contributed by atoms with Crippen LogP contribution in [0.5, 0.6) is 0 Å². The van der Waals surface area contributed by atoms with E-state index >= 15 is 0 Å². The first kappa shape index (κ1) is 16.4. The molecule has 1 aliphatic rings.